The van der Waals surface area contributed by atoms with Crippen molar-refractivity contribution in [2.75, 3.05) is 5.73 Å². The van der Waals surface area contributed by atoms with Gasteiger partial charge >= 0.3 is 0 Å². The Kier molecular flexibility index (Phi) is 3.74. The van der Waals surface area contributed by atoms with Crippen molar-refractivity contribution in [1.29, 1.82) is 0 Å². The van der Waals surface area contributed by atoms with Gasteiger partial charge in [-0.3, -0.25) is 0 Å². The Balaban J connectivity index is 2.36. The molecule has 0 saturated heterocycles. The first-order chi connectivity index (χ1) is 8.38. The second-order valence-electron chi connectivity index (χ2n) is 3.65. The summed E-state index contributed by atoms with van der Waals surface area (Å²) in [6.07, 6.45) is 0. The van der Waals surface area contributed by atoms with Gasteiger partial charge in [0.15, 0.2) is 9.84 Å². The van der Waals surface area contributed by atoms with Crippen LogP contribution in [0.15, 0.2) is 39.0 Å². The van der Waals surface area contributed by atoms with E-state index in [1.807, 2.05) is 0 Å². The predicted octanol–water partition coefficient (Wildman–Crippen LogP) is 3.21. The third-order valence-corrected chi connectivity index (χ3v) is 5.75. The number of benzene rings is 1. The maximum absolute atomic E-state index is 13.6. The fourth-order valence-electron chi connectivity index (χ4n) is 1.46. The van der Waals surface area contributed by atoms with Crippen LogP contribution < -0.4 is 5.73 Å². The third-order valence-electron chi connectivity index (χ3n) is 2.25. The van der Waals surface area contributed by atoms with Crippen LogP contribution in [0.3, 0.4) is 0 Å². The van der Waals surface area contributed by atoms with E-state index in [0.29, 0.717) is 4.88 Å². The molecule has 0 aliphatic rings. The van der Waals surface area contributed by atoms with Crippen molar-refractivity contribution in [3.8, 4) is 0 Å². The lowest BCUT2D eigenvalue weighted by Crippen LogP contribution is -2.06. The fourth-order valence-corrected chi connectivity index (χ4v) is 4.70. The number of halogens is 2. The van der Waals surface area contributed by atoms with Crippen LogP contribution in [-0.4, -0.2) is 8.42 Å². The minimum Gasteiger partial charge on any atom is -0.399 e. The summed E-state index contributed by atoms with van der Waals surface area (Å²) in [6, 6.07) is 7.04. The van der Waals surface area contributed by atoms with Gasteiger partial charge in [-0.15, -0.1) is 11.3 Å². The van der Waals surface area contributed by atoms with Gasteiger partial charge in [-0.1, -0.05) is 0 Å². The van der Waals surface area contributed by atoms with Crippen molar-refractivity contribution in [1.82, 2.24) is 0 Å². The first kappa shape index (κ1) is 13.5. The number of sulfone groups is 1. The molecule has 0 spiro atoms. The summed E-state index contributed by atoms with van der Waals surface area (Å²) in [5.74, 6) is -1.03. The number of hydrogen-bond donors (Lipinski definition) is 1. The van der Waals surface area contributed by atoms with E-state index in [2.05, 4.69) is 15.9 Å². The second-order valence-corrected chi connectivity index (χ2v) is 8.16. The minimum atomic E-state index is -3.69. The number of hydrogen-bond acceptors (Lipinski definition) is 4. The fraction of sp³-hybridized carbons (Fsp3) is 0.0909. The highest BCUT2D eigenvalue weighted by atomic mass is 79.9. The molecule has 0 fully saturated rings. The van der Waals surface area contributed by atoms with Crippen LogP contribution in [0.2, 0.25) is 0 Å². The van der Waals surface area contributed by atoms with Gasteiger partial charge in [0.2, 0.25) is 0 Å². The molecule has 0 saturated carbocycles. The van der Waals surface area contributed by atoms with Crippen LogP contribution in [0, 0.1) is 5.82 Å². The summed E-state index contributed by atoms with van der Waals surface area (Å²) in [6.45, 7) is 0. The molecular formula is C11H9BrFNO2S2. The zero-order valence-electron chi connectivity index (χ0n) is 9.06. The number of nitrogens with two attached hydrogens (primary N) is 1. The topological polar surface area (TPSA) is 60.2 Å². The van der Waals surface area contributed by atoms with E-state index in [1.165, 1.54) is 23.5 Å². The Labute approximate surface area is 116 Å². The van der Waals surface area contributed by atoms with E-state index in [9.17, 15) is 12.8 Å². The van der Waals surface area contributed by atoms with Crippen molar-refractivity contribution in [2.45, 2.75) is 10.6 Å². The molecule has 2 aromatic rings. The molecule has 0 bridgehead atoms. The molecule has 0 unspecified atom stereocenters. The standard InChI is InChI=1S/C11H9BrFNO2S2/c12-11-4-2-8(17-11)6-18(15,16)10-3-1-7(14)5-9(10)13/h1-5H,6,14H2. The third kappa shape index (κ3) is 2.90. The molecule has 1 aromatic heterocycles. The van der Waals surface area contributed by atoms with Crippen LogP contribution in [0.25, 0.3) is 0 Å². The number of thiophene rings is 1. The molecule has 0 aliphatic carbocycles. The summed E-state index contributed by atoms with van der Waals surface area (Å²) < 4.78 is 38.5. The van der Waals surface area contributed by atoms with Gasteiger partial charge in [0, 0.05) is 10.6 Å². The Morgan fingerprint density at radius 2 is 2.00 bits per heavy atom. The van der Waals surface area contributed by atoms with Crippen LogP contribution in [0.1, 0.15) is 4.88 Å². The van der Waals surface area contributed by atoms with Gasteiger partial charge in [0.05, 0.1) is 9.54 Å². The SMILES string of the molecule is Nc1ccc(S(=O)(=O)Cc2ccc(Br)s2)c(F)c1. The average molecular weight is 350 g/mol. The maximum atomic E-state index is 13.6. The summed E-state index contributed by atoms with van der Waals surface area (Å²) in [5.41, 5.74) is 5.59. The smallest absolute Gasteiger partial charge is 0.186 e. The molecule has 96 valence electrons. The summed E-state index contributed by atoms with van der Waals surface area (Å²) in [5, 5.41) is 0. The van der Waals surface area contributed by atoms with Gasteiger partial charge in [-0.2, -0.15) is 0 Å². The van der Waals surface area contributed by atoms with Crippen molar-refractivity contribution in [3.05, 3.63) is 44.8 Å². The van der Waals surface area contributed by atoms with E-state index >= 15 is 0 Å². The molecule has 0 aliphatic heterocycles. The zero-order chi connectivity index (χ0) is 13.3. The molecule has 3 nitrogen and oxygen atoms in total. The van der Waals surface area contributed by atoms with Crippen LogP contribution in [0.5, 0.6) is 0 Å². The van der Waals surface area contributed by atoms with Crippen molar-refractivity contribution in [2.24, 2.45) is 0 Å². The first-order valence-electron chi connectivity index (χ1n) is 4.90. The minimum absolute atomic E-state index is 0.199. The zero-order valence-corrected chi connectivity index (χ0v) is 12.3. The molecule has 0 atom stereocenters. The molecule has 0 radical (unpaired) electrons. The maximum Gasteiger partial charge on any atom is 0.186 e. The molecule has 0 amide bonds. The highest BCUT2D eigenvalue weighted by molar-refractivity contribution is 9.11. The van der Waals surface area contributed by atoms with Gasteiger partial charge in [-0.25, -0.2) is 12.8 Å². The average Bonchev–Trinajstić information content (AvgIpc) is 2.62. The summed E-state index contributed by atoms with van der Waals surface area (Å²) in [7, 11) is -3.69. The lowest BCUT2D eigenvalue weighted by Gasteiger charge is -2.05. The Hall–Kier alpha value is -0.920. The molecule has 2 rings (SSSR count). The lowest BCUT2D eigenvalue weighted by molar-refractivity contribution is 0.567. The summed E-state index contributed by atoms with van der Waals surface area (Å²) in [4.78, 5) is 0.333. The molecule has 2 N–H and O–H groups in total. The second kappa shape index (κ2) is 4.99. The molecule has 18 heavy (non-hydrogen) atoms. The van der Waals surface area contributed by atoms with Gasteiger partial charge < -0.3 is 5.73 Å². The molecule has 1 aromatic carbocycles. The number of anilines is 1. The molecule has 7 heteroatoms. The van der Waals surface area contributed by atoms with Gasteiger partial charge in [-0.05, 0) is 46.3 Å². The lowest BCUT2D eigenvalue weighted by atomic mass is 10.3. The van der Waals surface area contributed by atoms with Crippen LogP contribution >= 0.6 is 27.3 Å². The molecule has 1 heterocycles. The van der Waals surface area contributed by atoms with Crippen molar-refractivity contribution in [3.63, 3.8) is 0 Å². The Bertz CT molecular complexity index is 682. The Morgan fingerprint density at radius 1 is 1.28 bits per heavy atom. The van der Waals surface area contributed by atoms with E-state index < -0.39 is 15.7 Å². The van der Waals surface area contributed by atoms with Gasteiger partial charge in [0.25, 0.3) is 0 Å². The highest BCUT2D eigenvalue weighted by Gasteiger charge is 2.20. The monoisotopic (exact) mass is 349 g/mol. The number of rotatable bonds is 3. The summed E-state index contributed by atoms with van der Waals surface area (Å²) >= 11 is 4.56. The predicted molar refractivity (Wildman–Crippen MR) is 73.7 cm³/mol. The largest absolute Gasteiger partial charge is 0.399 e. The number of nitrogen functional groups attached to an aromatic ring is 1. The van der Waals surface area contributed by atoms with Gasteiger partial charge in [0.1, 0.15) is 10.7 Å². The first-order valence-corrected chi connectivity index (χ1v) is 8.17. The quantitative estimate of drug-likeness (QED) is 0.865. The van der Waals surface area contributed by atoms with E-state index in [0.717, 1.165) is 9.85 Å². The molecular weight excluding hydrogens is 341 g/mol. The van der Waals surface area contributed by atoms with Crippen LogP contribution in [-0.2, 0) is 15.6 Å². The van der Waals surface area contributed by atoms with E-state index in [-0.39, 0.29) is 16.3 Å². The Morgan fingerprint density at radius 3 is 2.56 bits per heavy atom. The van der Waals surface area contributed by atoms with Crippen molar-refractivity contribution >= 4 is 42.8 Å². The normalized spacial score (nSPS) is 11.7. The van der Waals surface area contributed by atoms with E-state index in [4.69, 9.17) is 5.73 Å². The highest BCUT2D eigenvalue weighted by Crippen LogP contribution is 2.27. The van der Waals surface area contributed by atoms with E-state index in [1.54, 1.807) is 12.1 Å². The van der Waals surface area contributed by atoms with Crippen molar-refractivity contribution < 1.29 is 12.8 Å². The van der Waals surface area contributed by atoms with Crippen LogP contribution in [0.4, 0.5) is 10.1 Å².